The molecule has 5 heteroatoms. The van der Waals surface area contributed by atoms with Crippen molar-refractivity contribution in [3.05, 3.63) is 29.8 Å². The molecule has 106 valence electrons. The summed E-state index contributed by atoms with van der Waals surface area (Å²) in [6, 6.07) is 7.22. The third-order valence-electron chi connectivity index (χ3n) is 2.62. The molecule has 0 saturated heterocycles. The lowest BCUT2D eigenvalue weighted by atomic mass is 10.2. The van der Waals surface area contributed by atoms with Crippen LogP contribution in [0.1, 0.15) is 17.3 Å². The number of carbonyl (C=O) groups excluding carboxylic acids is 1. The molecule has 0 spiro atoms. The number of ether oxygens (including phenoxy) is 2. The van der Waals surface area contributed by atoms with Gasteiger partial charge in [-0.1, -0.05) is 15.9 Å². The number of carbonyl (C=O) groups is 1. The van der Waals surface area contributed by atoms with Crippen molar-refractivity contribution in [1.82, 2.24) is 4.90 Å². The fourth-order valence-electron chi connectivity index (χ4n) is 1.66. The van der Waals surface area contributed by atoms with Gasteiger partial charge in [0.1, 0.15) is 5.75 Å². The van der Waals surface area contributed by atoms with E-state index in [1.165, 1.54) is 0 Å². The molecule has 1 aromatic carbocycles. The van der Waals surface area contributed by atoms with Crippen molar-refractivity contribution < 1.29 is 14.3 Å². The van der Waals surface area contributed by atoms with E-state index in [0.717, 1.165) is 11.1 Å². The third-order valence-corrected chi connectivity index (χ3v) is 2.97. The zero-order valence-corrected chi connectivity index (χ0v) is 13.0. The van der Waals surface area contributed by atoms with Gasteiger partial charge >= 0.3 is 0 Å². The maximum atomic E-state index is 12.3. The van der Waals surface area contributed by atoms with Crippen LogP contribution in [0.2, 0.25) is 0 Å². The third kappa shape index (κ3) is 5.20. The molecule has 0 aliphatic carbocycles. The van der Waals surface area contributed by atoms with Crippen molar-refractivity contribution >= 4 is 21.8 Å². The highest BCUT2D eigenvalue weighted by Crippen LogP contribution is 2.13. The molecule has 1 aromatic rings. The van der Waals surface area contributed by atoms with E-state index in [9.17, 15) is 4.79 Å². The van der Waals surface area contributed by atoms with Gasteiger partial charge in [0.15, 0.2) is 0 Å². The van der Waals surface area contributed by atoms with Crippen LogP contribution in [-0.4, -0.2) is 49.6 Å². The smallest absolute Gasteiger partial charge is 0.253 e. The van der Waals surface area contributed by atoms with Gasteiger partial charge in [0, 0.05) is 31.1 Å². The summed E-state index contributed by atoms with van der Waals surface area (Å²) in [5.41, 5.74) is 0.667. The second-order valence-corrected chi connectivity index (χ2v) is 4.72. The topological polar surface area (TPSA) is 38.8 Å². The van der Waals surface area contributed by atoms with Crippen molar-refractivity contribution in [3.63, 3.8) is 0 Å². The Morgan fingerprint density at radius 1 is 1.26 bits per heavy atom. The fourth-order valence-corrected chi connectivity index (χ4v) is 2.09. The molecule has 0 bridgehead atoms. The lowest BCUT2D eigenvalue weighted by Gasteiger charge is -2.21. The number of nitrogens with zero attached hydrogens (tertiary/aromatic N) is 1. The van der Waals surface area contributed by atoms with Crippen LogP contribution in [0.5, 0.6) is 5.75 Å². The molecular weight excluding hydrogens is 310 g/mol. The van der Waals surface area contributed by atoms with Crippen LogP contribution in [0.25, 0.3) is 0 Å². The second-order valence-electron chi connectivity index (χ2n) is 3.93. The van der Waals surface area contributed by atoms with Crippen molar-refractivity contribution in [2.24, 2.45) is 0 Å². The molecule has 0 unspecified atom stereocenters. The van der Waals surface area contributed by atoms with Crippen LogP contribution >= 0.6 is 15.9 Å². The van der Waals surface area contributed by atoms with Crippen molar-refractivity contribution in [1.29, 1.82) is 0 Å². The van der Waals surface area contributed by atoms with Gasteiger partial charge in [0.25, 0.3) is 5.91 Å². The minimum Gasteiger partial charge on any atom is -0.494 e. The highest BCUT2D eigenvalue weighted by molar-refractivity contribution is 9.09. The Morgan fingerprint density at radius 2 is 1.95 bits per heavy atom. The zero-order chi connectivity index (χ0) is 14.1. The Bertz CT molecular complexity index is 381. The molecule has 0 heterocycles. The van der Waals surface area contributed by atoms with E-state index in [0.29, 0.717) is 31.9 Å². The Morgan fingerprint density at radius 3 is 2.47 bits per heavy atom. The minimum atomic E-state index is 0.0135. The number of halogens is 1. The summed E-state index contributed by atoms with van der Waals surface area (Å²) < 4.78 is 10.4. The van der Waals surface area contributed by atoms with E-state index in [4.69, 9.17) is 9.47 Å². The van der Waals surface area contributed by atoms with Gasteiger partial charge < -0.3 is 14.4 Å². The molecule has 0 aromatic heterocycles. The molecule has 0 atom stereocenters. The maximum Gasteiger partial charge on any atom is 0.253 e. The van der Waals surface area contributed by atoms with Crippen LogP contribution in [0, 0.1) is 0 Å². The van der Waals surface area contributed by atoms with E-state index in [-0.39, 0.29) is 5.91 Å². The molecule has 0 aliphatic rings. The number of methoxy groups -OCH3 is 1. The van der Waals surface area contributed by atoms with Crippen LogP contribution in [0.4, 0.5) is 0 Å². The van der Waals surface area contributed by atoms with Crippen LogP contribution in [0.3, 0.4) is 0 Å². The van der Waals surface area contributed by atoms with Crippen LogP contribution in [0.15, 0.2) is 24.3 Å². The molecule has 4 nitrogen and oxygen atoms in total. The molecule has 1 rings (SSSR count). The first-order chi connectivity index (χ1) is 9.22. The van der Waals surface area contributed by atoms with Gasteiger partial charge in [-0.2, -0.15) is 0 Å². The van der Waals surface area contributed by atoms with Gasteiger partial charge in [-0.3, -0.25) is 4.79 Å². The zero-order valence-electron chi connectivity index (χ0n) is 11.4. The summed E-state index contributed by atoms with van der Waals surface area (Å²) in [5.74, 6) is 0.794. The normalized spacial score (nSPS) is 10.3. The SMILES string of the molecule is CCOc1ccc(C(=O)N(CCBr)CCOC)cc1. The van der Waals surface area contributed by atoms with Crippen molar-refractivity contribution in [2.45, 2.75) is 6.92 Å². The summed E-state index contributed by atoms with van der Waals surface area (Å²) in [5, 5.41) is 0.749. The first-order valence-corrected chi connectivity index (χ1v) is 7.42. The molecule has 0 N–H and O–H groups in total. The Hall–Kier alpha value is -1.07. The van der Waals surface area contributed by atoms with E-state index in [1.807, 2.05) is 19.1 Å². The predicted octanol–water partition coefficient (Wildman–Crippen LogP) is 2.57. The standard InChI is InChI=1S/C14H20BrNO3/c1-3-19-13-6-4-12(5-7-13)14(17)16(9-8-15)10-11-18-2/h4-7H,3,8-11H2,1-2H3. The molecule has 0 saturated carbocycles. The summed E-state index contributed by atoms with van der Waals surface area (Å²) in [6.45, 7) is 4.34. The van der Waals surface area contributed by atoms with Gasteiger partial charge in [0.05, 0.1) is 13.2 Å². The highest BCUT2D eigenvalue weighted by Gasteiger charge is 2.14. The van der Waals surface area contributed by atoms with Crippen LogP contribution < -0.4 is 4.74 Å². The number of benzene rings is 1. The summed E-state index contributed by atoms with van der Waals surface area (Å²) in [6.07, 6.45) is 0. The first-order valence-electron chi connectivity index (χ1n) is 6.30. The minimum absolute atomic E-state index is 0.0135. The number of rotatable bonds is 8. The maximum absolute atomic E-state index is 12.3. The summed E-state index contributed by atoms with van der Waals surface area (Å²) in [4.78, 5) is 14.1. The van der Waals surface area contributed by atoms with E-state index in [2.05, 4.69) is 15.9 Å². The number of hydrogen-bond donors (Lipinski definition) is 0. The number of hydrogen-bond acceptors (Lipinski definition) is 3. The van der Waals surface area contributed by atoms with Crippen molar-refractivity contribution in [3.8, 4) is 5.75 Å². The van der Waals surface area contributed by atoms with Gasteiger partial charge in [-0.25, -0.2) is 0 Å². The first kappa shape index (κ1) is 16.0. The van der Waals surface area contributed by atoms with Gasteiger partial charge in [0.2, 0.25) is 0 Å². The number of amides is 1. The summed E-state index contributed by atoms with van der Waals surface area (Å²) in [7, 11) is 1.63. The molecule has 0 radical (unpaired) electrons. The van der Waals surface area contributed by atoms with Gasteiger partial charge in [-0.05, 0) is 31.2 Å². The number of alkyl halides is 1. The Kier molecular flexibility index (Phi) is 7.52. The van der Waals surface area contributed by atoms with Gasteiger partial charge in [-0.15, -0.1) is 0 Å². The summed E-state index contributed by atoms with van der Waals surface area (Å²) >= 11 is 3.36. The average molecular weight is 330 g/mol. The predicted molar refractivity (Wildman–Crippen MR) is 79.2 cm³/mol. The van der Waals surface area contributed by atoms with E-state index >= 15 is 0 Å². The molecule has 0 fully saturated rings. The fraction of sp³-hybridized carbons (Fsp3) is 0.500. The van der Waals surface area contributed by atoms with E-state index in [1.54, 1.807) is 24.1 Å². The lowest BCUT2D eigenvalue weighted by molar-refractivity contribution is 0.0709. The second kappa shape index (κ2) is 8.93. The average Bonchev–Trinajstić information content (AvgIpc) is 2.44. The molecule has 19 heavy (non-hydrogen) atoms. The monoisotopic (exact) mass is 329 g/mol. The Labute approximate surface area is 122 Å². The largest absolute Gasteiger partial charge is 0.494 e. The van der Waals surface area contributed by atoms with Crippen LogP contribution in [-0.2, 0) is 4.74 Å². The highest BCUT2D eigenvalue weighted by atomic mass is 79.9. The molecular formula is C14H20BrNO3. The van der Waals surface area contributed by atoms with Crippen molar-refractivity contribution in [2.75, 3.05) is 38.7 Å². The Balaban J connectivity index is 2.71. The lowest BCUT2D eigenvalue weighted by Crippen LogP contribution is -2.35. The quantitative estimate of drug-likeness (QED) is 0.688. The molecule has 1 amide bonds. The van der Waals surface area contributed by atoms with E-state index < -0.39 is 0 Å². The molecule has 0 aliphatic heterocycles.